The number of alkyl halides is 1. The number of hydrogen-bond acceptors (Lipinski definition) is 4. The molecular formula is C16H19ClO4. The molecule has 5 heteroatoms. The van der Waals surface area contributed by atoms with E-state index in [1.54, 1.807) is 24.3 Å². The molecule has 0 atom stereocenters. The van der Waals surface area contributed by atoms with Crippen molar-refractivity contribution >= 4 is 23.5 Å². The van der Waals surface area contributed by atoms with Gasteiger partial charge in [-0.05, 0) is 25.0 Å². The van der Waals surface area contributed by atoms with E-state index in [2.05, 4.69) is 0 Å². The van der Waals surface area contributed by atoms with Crippen molar-refractivity contribution in [2.75, 3.05) is 5.88 Å². The summed E-state index contributed by atoms with van der Waals surface area (Å²) in [5.41, 5.74) is 0. The first-order valence-electron chi connectivity index (χ1n) is 7.28. The summed E-state index contributed by atoms with van der Waals surface area (Å²) in [4.78, 5) is 23.7. The predicted molar refractivity (Wildman–Crippen MR) is 79.6 cm³/mol. The minimum Gasteiger partial charge on any atom is -0.422 e. The number of carbonyl (C=O) groups excluding carboxylic acids is 2. The highest BCUT2D eigenvalue weighted by Gasteiger charge is 2.24. The maximum atomic E-state index is 12.1. The van der Waals surface area contributed by atoms with E-state index < -0.39 is 5.97 Å². The van der Waals surface area contributed by atoms with Gasteiger partial charge in [0.25, 0.3) is 0 Å². The number of esters is 2. The maximum Gasteiger partial charge on any atom is 0.314 e. The molecule has 0 spiro atoms. The van der Waals surface area contributed by atoms with Gasteiger partial charge < -0.3 is 9.47 Å². The summed E-state index contributed by atoms with van der Waals surface area (Å²) in [6.07, 6.45) is 5.15. The van der Waals surface area contributed by atoms with Crippen LogP contribution in [0.15, 0.2) is 24.3 Å². The number of hydrogen-bond donors (Lipinski definition) is 0. The molecule has 0 aromatic heterocycles. The first kappa shape index (κ1) is 15.8. The van der Waals surface area contributed by atoms with Crippen LogP contribution in [0.2, 0.25) is 0 Å². The lowest BCUT2D eigenvalue weighted by Crippen LogP contribution is -2.23. The van der Waals surface area contributed by atoms with Crippen LogP contribution in [-0.2, 0) is 9.59 Å². The quantitative estimate of drug-likeness (QED) is 0.472. The first-order valence-corrected chi connectivity index (χ1v) is 7.81. The van der Waals surface area contributed by atoms with Crippen LogP contribution < -0.4 is 9.47 Å². The largest absolute Gasteiger partial charge is 0.422 e. The van der Waals surface area contributed by atoms with Gasteiger partial charge in [0.05, 0.1) is 12.3 Å². The van der Waals surface area contributed by atoms with Gasteiger partial charge in [0.2, 0.25) is 0 Å². The Morgan fingerprint density at radius 3 is 2.29 bits per heavy atom. The van der Waals surface area contributed by atoms with Crippen molar-refractivity contribution in [3.05, 3.63) is 24.3 Å². The van der Waals surface area contributed by atoms with E-state index in [0.717, 1.165) is 25.7 Å². The number of para-hydroxylation sites is 2. The van der Waals surface area contributed by atoms with E-state index in [9.17, 15) is 9.59 Å². The average Bonchev–Trinajstić information content (AvgIpc) is 2.50. The van der Waals surface area contributed by atoms with Crippen molar-refractivity contribution in [2.24, 2.45) is 5.92 Å². The third-order valence-corrected chi connectivity index (χ3v) is 3.71. The second-order valence-corrected chi connectivity index (χ2v) is 5.49. The van der Waals surface area contributed by atoms with E-state index in [1.807, 2.05) is 0 Å². The van der Waals surface area contributed by atoms with Crippen LogP contribution in [0.3, 0.4) is 0 Å². The molecule has 1 saturated carbocycles. The van der Waals surface area contributed by atoms with Gasteiger partial charge in [0.1, 0.15) is 0 Å². The molecule has 1 aromatic carbocycles. The van der Waals surface area contributed by atoms with Gasteiger partial charge in [-0.15, -0.1) is 11.6 Å². The van der Waals surface area contributed by atoms with Crippen LogP contribution >= 0.6 is 11.6 Å². The summed E-state index contributed by atoms with van der Waals surface area (Å²) in [6, 6.07) is 6.70. The molecular weight excluding hydrogens is 292 g/mol. The molecule has 0 saturated heterocycles. The molecule has 0 unspecified atom stereocenters. The van der Waals surface area contributed by atoms with Crippen molar-refractivity contribution in [2.45, 2.75) is 38.5 Å². The van der Waals surface area contributed by atoms with Crippen LogP contribution in [0, 0.1) is 5.92 Å². The molecule has 2 rings (SSSR count). The van der Waals surface area contributed by atoms with Gasteiger partial charge in [-0.3, -0.25) is 9.59 Å². The fourth-order valence-corrected chi connectivity index (χ4v) is 2.55. The summed E-state index contributed by atoms with van der Waals surface area (Å²) < 4.78 is 10.6. The molecule has 1 aliphatic rings. The van der Waals surface area contributed by atoms with Crippen molar-refractivity contribution in [1.82, 2.24) is 0 Å². The van der Waals surface area contributed by atoms with E-state index in [0.29, 0.717) is 0 Å². The zero-order valence-electron chi connectivity index (χ0n) is 11.8. The predicted octanol–water partition coefficient (Wildman–Crippen LogP) is 3.71. The lowest BCUT2D eigenvalue weighted by molar-refractivity contribution is -0.141. The second kappa shape index (κ2) is 8.03. The number of carbonyl (C=O) groups is 2. The Hall–Kier alpha value is -1.55. The number of benzene rings is 1. The van der Waals surface area contributed by atoms with Crippen molar-refractivity contribution < 1.29 is 19.1 Å². The molecule has 0 N–H and O–H groups in total. The Morgan fingerprint density at radius 2 is 1.67 bits per heavy atom. The SMILES string of the molecule is O=C(CCCl)Oc1ccccc1OC(=O)C1CCCCC1. The van der Waals surface area contributed by atoms with Crippen LogP contribution in [-0.4, -0.2) is 17.8 Å². The number of rotatable bonds is 5. The Kier molecular flexibility index (Phi) is 6.05. The Bertz CT molecular complexity index is 495. The summed E-state index contributed by atoms with van der Waals surface area (Å²) >= 11 is 5.50. The topological polar surface area (TPSA) is 52.6 Å². The standard InChI is InChI=1S/C16H19ClO4/c17-11-10-15(18)20-13-8-4-5-9-14(13)21-16(19)12-6-2-1-3-7-12/h4-5,8-9,12H,1-3,6-7,10-11H2. The minimum atomic E-state index is -0.439. The molecule has 1 aliphatic carbocycles. The van der Waals surface area contributed by atoms with Gasteiger partial charge in [-0.2, -0.15) is 0 Å². The third-order valence-electron chi connectivity index (χ3n) is 3.52. The molecule has 1 aromatic rings. The fraction of sp³-hybridized carbons (Fsp3) is 0.500. The maximum absolute atomic E-state index is 12.1. The zero-order chi connectivity index (χ0) is 15.1. The second-order valence-electron chi connectivity index (χ2n) is 5.12. The number of ether oxygens (including phenoxy) is 2. The lowest BCUT2D eigenvalue weighted by atomic mass is 9.89. The van der Waals surface area contributed by atoms with Gasteiger partial charge in [-0.25, -0.2) is 0 Å². The Balaban J connectivity index is 2.01. The molecule has 0 amide bonds. The van der Waals surface area contributed by atoms with Crippen LogP contribution in [0.25, 0.3) is 0 Å². The normalized spacial score (nSPS) is 15.5. The highest BCUT2D eigenvalue weighted by Crippen LogP contribution is 2.30. The smallest absolute Gasteiger partial charge is 0.314 e. The Labute approximate surface area is 129 Å². The highest BCUT2D eigenvalue weighted by molar-refractivity contribution is 6.18. The van der Waals surface area contributed by atoms with Gasteiger partial charge in [-0.1, -0.05) is 31.4 Å². The monoisotopic (exact) mass is 310 g/mol. The molecule has 21 heavy (non-hydrogen) atoms. The summed E-state index contributed by atoms with van der Waals surface area (Å²) in [7, 11) is 0. The van der Waals surface area contributed by atoms with E-state index in [1.165, 1.54) is 6.42 Å². The Morgan fingerprint density at radius 1 is 1.05 bits per heavy atom. The van der Waals surface area contributed by atoms with Crippen molar-refractivity contribution in [1.29, 1.82) is 0 Å². The number of halogens is 1. The average molecular weight is 311 g/mol. The molecule has 0 heterocycles. The van der Waals surface area contributed by atoms with Gasteiger partial charge >= 0.3 is 11.9 Å². The third kappa shape index (κ3) is 4.74. The lowest BCUT2D eigenvalue weighted by Gasteiger charge is -2.20. The van der Waals surface area contributed by atoms with Crippen molar-refractivity contribution in [3.63, 3.8) is 0 Å². The summed E-state index contributed by atoms with van der Waals surface area (Å²) in [5.74, 6) is 0.0166. The molecule has 114 valence electrons. The fourth-order valence-electron chi connectivity index (χ4n) is 2.40. The first-order chi connectivity index (χ1) is 10.2. The van der Waals surface area contributed by atoms with E-state index in [-0.39, 0.29) is 35.7 Å². The zero-order valence-corrected chi connectivity index (χ0v) is 12.6. The summed E-state index contributed by atoms with van der Waals surface area (Å²) in [5, 5.41) is 0. The van der Waals surface area contributed by atoms with E-state index in [4.69, 9.17) is 21.1 Å². The molecule has 0 aliphatic heterocycles. The molecule has 0 bridgehead atoms. The minimum absolute atomic E-state index is 0.0506. The van der Waals surface area contributed by atoms with Crippen molar-refractivity contribution in [3.8, 4) is 11.5 Å². The van der Waals surface area contributed by atoms with E-state index >= 15 is 0 Å². The van der Waals surface area contributed by atoms with Gasteiger partial charge in [0, 0.05) is 5.88 Å². The summed E-state index contributed by atoms with van der Waals surface area (Å²) in [6.45, 7) is 0. The highest BCUT2D eigenvalue weighted by atomic mass is 35.5. The van der Waals surface area contributed by atoms with Crippen LogP contribution in [0.4, 0.5) is 0 Å². The molecule has 4 nitrogen and oxygen atoms in total. The van der Waals surface area contributed by atoms with Crippen LogP contribution in [0.1, 0.15) is 38.5 Å². The molecule has 1 fully saturated rings. The van der Waals surface area contributed by atoms with Gasteiger partial charge in [0.15, 0.2) is 11.5 Å². The van der Waals surface area contributed by atoms with Crippen LogP contribution in [0.5, 0.6) is 11.5 Å². The molecule has 0 radical (unpaired) electrons.